The van der Waals surface area contributed by atoms with Gasteiger partial charge in [0.1, 0.15) is 11.5 Å². The van der Waals surface area contributed by atoms with E-state index in [2.05, 4.69) is 0 Å². The lowest BCUT2D eigenvalue weighted by Gasteiger charge is -2.08. The Kier molecular flexibility index (Phi) is 5.99. The molecule has 0 unspecified atom stereocenters. The van der Waals surface area contributed by atoms with Crippen LogP contribution in [0.3, 0.4) is 0 Å². The van der Waals surface area contributed by atoms with Crippen LogP contribution in [0.4, 0.5) is 5.69 Å². The van der Waals surface area contributed by atoms with Crippen LogP contribution in [-0.4, -0.2) is 18.5 Å². The fourth-order valence-electron chi connectivity index (χ4n) is 1.92. The highest BCUT2D eigenvalue weighted by Crippen LogP contribution is 2.22. The third kappa shape index (κ3) is 6.08. The van der Waals surface area contributed by atoms with Crippen LogP contribution in [-0.2, 0) is 21.6 Å². The quantitative estimate of drug-likeness (QED) is 0.247. The molecule has 10 heteroatoms. The molecular weight excluding hydrogens is 366 g/mol. The summed E-state index contributed by atoms with van der Waals surface area (Å²) < 4.78 is 29.1. The van der Waals surface area contributed by atoms with Gasteiger partial charge < -0.3 is 9.92 Å². The molecule has 0 aromatic heterocycles. The van der Waals surface area contributed by atoms with E-state index in [9.17, 15) is 18.5 Å². The van der Waals surface area contributed by atoms with E-state index in [1.54, 1.807) is 24.3 Å². The normalized spacial score (nSPS) is 11.0. The molecule has 0 atom stereocenters. The molecule has 0 saturated carbocycles. The summed E-state index contributed by atoms with van der Waals surface area (Å²) in [7, 11) is -3.95. The predicted octanol–water partition coefficient (Wildman–Crippen LogP) is 2.63. The van der Waals surface area contributed by atoms with Gasteiger partial charge in [0.25, 0.3) is 5.69 Å². The third-order valence-corrected chi connectivity index (χ3v) is 4.93. The Hall–Kier alpha value is -2.59. The van der Waals surface area contributed by atoms with Crippen molar-refractivity contribution >= 4 is 32.7 Å². The topological polar surface area (TPSA) is 136 Å². The highest BCUT2D eigenvalue weighted by atomic mass is 32.2. The van der Waals surface area contributed by atoms with E-state index < -0.39 is 15.0 Å². The largest absolute Gasteiger partial charge is 0.382 e. The Bertz CT molecular complexity index is 882. The zero-order chi connectivity index (χ0) is 18.4. The number of hydrogen-bond acceptors (Lipinski definition) is 7. The van der Waals surface area contributed by atoms with E-state index in [-0.39, 0.29) is 22.4 Å². The molecule has 2 aromatic rings. The van der Waals surface area contributed by atoms with Crippen LogP contribution >= 0.6 is 11.8 Å². The number of nitro groups is 1. The summed E-state index contributed by atoms with van der Waals surface area (Å²) in [6.07, 6.45) is 0. The van der Waals surface area contributed by atoms with Gasteiger partial charge in [-0.15, -0.1) is 0 Å². The van der Waals surface area contributed by atoms with Crippen LogP contribution in [0.1, 0.15) is 11.1 Å². The number of nitrogens with one attached hydrogen (secondary N) is 1. The summed E-state index contributed by atoms with van der Waals surface area (Å²) >= 11 is 1.17. The van der Waals surface area contributed by atoms with E-state index in [1.165, 1.54) is 30.0 Å². The van der Waals surface area contributed by atoms with Gasteiger partial charge >= 0.3 is 10.1 Å². The van der Waals surface area contributed by atoms with Crippen LogP contribution in [0.5, 0.6) is 5.75 Å². The molecule has 0 aliphatic carbocycles. The fraction of sp³-hybridized carbons (Fsp3) is 0.133. The van der Waals surface area contributed by atoms with Crippen LogP contribution in [0, 0.1) is 15.5 Å². The molecule has 2 aromatic carbocycles. The van der Waals surface area contributed by atoms with Crippen LogP contribution < -0.4 is 9.92 Å². The monoisotopic (exact) mass is 381 g/mol. The lowest BCUT2D eigenvalue weighted by Crippen LogP contribution is -2.12. The Labute approximate surface area is 148 Å². The van der Waals surface area contributed by atoms with Crippen molar-refractivity contribution < 1.29 is 17.5 Å². The van der Waals surface area contributed by atoms with Crippen molar-refractivity contribution in [3.05, 3.63) is 69.8 Å². The van der Waals surface area contributed by atoms with Crippen LogP contribution in [0.15, 0.2) is 48.5 Å². The van der Waals surface area contributed by atoms with Crippen molar-refractivity contribution in [1.29, 1.82) is 5.41 Å². The summed E-state index contributed by atoms with van der Waals surface area (Å²) in [4.78, 5) is 10.1. The van der Waals surface area contributed by atoms with E-state index in [0.29, 0.717) is 11.3 Å². The van der Waals surface area contributed by atoms with Gasteiger partial charge in [-0.25, -0.2) is 0 Å². The maximum Gasteiger partial charge on any atom is 0.313 e. The molecule has 2 rings (SSSR count). The number of amidine groups is 1. The van der Waals surface area contributed by atoms with Crippen molar-refractivity contribution in [2.45, 2.75) is 11.5 Å². The molecule has 0 spiro atoms. The number of non-ortho nitro benzene ring substituents is 1. The minimum absolute atomic E-state index is 0.0111. The third-order valence-electron chi connectivity index (χ3n) is 3.01. The maximum absolute atomic E-state index is 12.1. The molecule has 3 N–H and O–H groups in total. The van der Waals surface area contributed by atoms with Crippen molar-refractivity contribution in [3.8, 4) is 5.75 Å². The van der Waals surface area contributed by atoms with Crippen molar-refractivity contribution in [2.24, 2.45) is 5.73 Å². The Balaban J connectivity index is 2.04. The summed E-state index contributed by atoms with van der Waals surface area (Å²) in [6.45, 7) is 0. The number of thioether (sulfide) groups is 1. The molecule has 0 bridgehead atoms. The van der Waals surface area contributed by atoms with E-state index >= 15 is 0 Å². The fourth-order valence-corrected chi connectivity index (χ4v) is 3.49. The van der Waals surface area contributed by atoms with Gasteiger partial charge in [-0.1, -0.05) is 42.1 Å². The van der Waals surface area contributed by atoms with E-state index in [0.717, 1.165) is 11.6 Å². The zero-order valence-corrected chi connectivity index (χ0v) is 14.5. The molecule has 0 fully saturated rings. The first-order chi connectivity index (χ1) is 11.7. The summed E-state index contributed by atoms with van der Waals surface area (Å²) in [5, 5.41) is 17.9. The number of nitrogens with zero attached hydrogens (tertiary/aromatic N) is 1. The predicted molar refractivity (Wildman–Crippen MR) is 96.0 cm³/mol. The van der Waals surface area contributed by atoms with Gasteiger partial charge in [-0.3, -0.25) is 15.5 Å². The first-order valence-electron chi connectivity index (χ1n) is 6.96. The molecule has 0 radical (unpaired) electrons. The van der Waals surface area contributed by atoms with Crippen molar-refractivity contribution in [1.82, 2.24) is 0 Å². The van der Waals surface area contributed by atoms with Crippen LogP contribution in [0.2, 0.25) is 0 Å². The first-order valence-corrected chi connectivity index (χ1v) is 9.53. The molecule has 0 aliphatic rings. The van der Waals surface area contributed by atoms with E-state index in [1.807, 2.05) is 0 Å². The highest BCUT2D eigenvalue weighted by Gasteiger charge is 2.16. The Morgan fingerprint density at radius 2 is 1.84 bits per heavy atom. The minimum atomic E-state index is -3.95. The first kappa shape index (κ1) is 18.7. The summed E-state index contributed by atoms with van der Waals surface area (Å²) in [5.74, 6) is 0.0474. The van der Waals surface area contributed by atoms with Crippen LogP contribution in [0.25, 0.3) is 0 Å². The minimum Gasteiger partial charge on any atom is -0.382 e. The maximum atomic E-state index is 12.1. The molecule has 0 aliphatic heterocycles. The number of hydrogen-bond donors (Lipinski definition) is 2. The van der Waals surface area contributed by atoms with Crippen molar-refractivity contribution in [2.75, 3.05) is 0 Å². The van der Waals surface area contributed by atoms with Gasteiger partial charge in [0, 0.05) is 11.8 Å². The molecule has 0 saturated heterocycles. The van der Waals surface area contributed by atoms with Gasteiger partial charge in [-0.05, 0) is 17.2 Å². The van der Waals surface area contributed by atoms with Gasteiger partial charge in [-0.2, -0.15) is 8.42 Å². The lowest BCUT2D eigenvalue weighted by atomic mass is 10.2. The zero-order valence-electron chi connectivity index (χ0n) is 12.9. The number of rotatable bonds is 7. The lowest BCUT2D eigenvalue weighted by molar-refractivity contribution is -0.384. The molecule has 0 amide bonds. The second-order valence-corrected chi connectivity index (χ2v) is 7.60. The standard InChI is InChI=1S/C15H15N3O5S2/c16-15(17)24-9-11-4-6-12(7-5-11)10-25(21,22)23-14-3-1-2-13(8-14)18(19)20/h1-8H,9-10H2,(H3,16,17). The average Bonchev–Trinajstić information content (AvgIpc) is 2.53. The number of nitrogens with two attached hydrogens (primary N) is 1. The second-order valence-electron chi connectivity index (χ2n) is 5.01. The number of nitro benzene ring substituents is 1. The average molecular weight is 381 g/mol. The summed E-state index contributed by atoms with van der Waals surface area (Å²) in [6, 6.07) is 11.8. The molecule has 132 valence electrons. The Morgan fingerprint density at radius 3 is 2.44 bits per heavy atom. The molecule has 8 nitrogen and oxygen atoms in total. The molecule has 25 heavy (non-hydrogen) atoms. The van der Waals surface area contributed by atoms with Gasteiger partial charge in [0.15, 0.2) is 5.17 Å². The molecular formula is C15H15N3O5S2. The van der Waals surface area contributed by atoms with E-state index in [4.69, 9.17) is 15.3 Å². The highest BCUT2D eigenvalue weighted by molar-refractivity contribution is 8.13. The van der Waals surface area contributed by atoms with Crippen molar-refractivity contribution in [3.63, 3.8) is 0 Å². The second kappa shape index (κ2) is 7.99. The SMILES string of the molecule is N=C(N)SCc1ccc(CS(=O)(=O)Oc2cccc([N+](=O)[O-])c2)cc1. The number of benzene rings is 2. The molecule has 0 heterocycles. The summed E-state index contributed by atoms with van der Waals surface area (Å²) in [5.41, 5.74) is 6.43. The Morgan fingerprint density at radius 1 is 1.20 bits per heavy atom. The van der Waals surface area contributed by atoms with Gasteiger partial charge in [0.05, 0.1) is 11.0 Å². The smallest absolute Gasteiger partial charge is 0.313 e. The van der Waals surface area contributed by atoms with Gasteiger partial charge in [0.2, 0.25) is 0 Å².